The van der Waals surface area contributed by atoms with E-state index in [1.165, 1.54) is 0 Å². The minimum atomic E-state index is -0.597. The Balaban J connectivity index is 3.22. The van der Waals surface area contributed by atoms with Gasteiger partial charge in [-0.25, -0.2) is 4.39 Å². The molecule has 1 rings (SSSR count). The molecule has 0 aromatic heterocycles. The van der Waals surface area contributed by atoms with Crippen LogP contribution in [0.25, 0.3) is 0 Å². The van der Waals surface area contributed by atoms with Crippen molar-refractivity contribution >= 4 is 5.69 Å². The van der Waals surface area contributed by atoms with Crippen LogP contribution in [0.1, 0.15) is 5.56 Å². The first-order valence-electron chi connectivity index (χ1n) is 3.12. The van der Waals surface area contributed by atoms with Gasteiger partial charge in [-0.2, -0.15) is 0 Å². The molecule has 0 saturated carbocycles. The molecule has 0 saturated heterocycles. The third-order valence-corrected chi connectivity index (χ3v) is 1.35. The minimum absolute atomic E-state index is 0.0178. The standard InChI is InChI=1S/C8H5FNO2/c1-2-6-5-7(10(11)12)3-4-8(6)9/h3-5H,1H2. The van der Waals surface area contributed by atoms with Gasteiger partial charge in [-0.3, -0.25) is 10.1 Å². The molecule has 0 heterocycles. The van der Waals surface area contributed by atoms with Gasteiger partial charge >= 0.3 is 0 Å². The molecule has 4 heteroatoms. The second kappa shape index (κ2) is 3.13. The van der Waals surface area contributed by atoms with Gasteiger partial charge in [0.25, 0.3) is 5.69 Å². The monoisotopic (exact) mass is 166 g/mol. The normalized spacial score (nSPS) is 9.42. The van der Waals surface area contributed by atoms with Crippen molar-refractivity contribution in [1.29, 1.82) is 0 Å². The Morgan fingerprint density at radius 3 is 2.75 bits per heavy atom. The van der Waals surface area contributed by atoms with Gasteiger partial charge in [-0.15, -0.1) is 0 Å². The molecular formula is C8H5FNO2. The highest BCUT2D eigenvalue weighted by molar-refractivity contribution is 5.37. The molecule has 0 bridgehead atoms. The molecule has 12 heavy (non-hydrogen) atoms. The zero-order chi connectivity index (χ0) is 9.14. The summed E-state index contributed by atoms with van der Waals surface area (Å²) in [5, 5.41) is 10.2. The number of hydrogen-bond donors (Lipinski definition) is 0. The van der Waals surface area contributed by atoms with Crippen LogP contribution in [-0.2, 0) is 0 Å². The lowest BCUT2D eigenvalue weighted by Gasteiger charge is -1.94. The van der Waals surface area contributed by atoms with E-state index in [2.05, 4.69) is 12.7 Å². The van der Waals surface area contributed by atoms with Crippen molar-refractivity contribution in [2.45, 2.75) is 0 Å². The summed E-state index contributed by atoms with van der Waals surface area (Å²) >= 11 is 0. The van der Waals surface area contributed by atoms with Gasteiger partial charge in [-0.05, 0) is 12.1 Å². The fourth-order valence-electron chi connectivity index (χ4n) is 0.762. The fourth-order valence-corrected chi connectivity index (χ4v) is 0.762. The number of benzene rings is 1. The molecule has 0 aliphatic carbocycles. The average Bonchev–Trinajstić information content (AvgIpc) is 2.05. The molecule has 0 aliphatic heterocycles. The molecule has 1 aromatic rings. The number of non-ortho nitro benzene ring substituents is 1. The van der Waals surface area contributed by atoms with Gasteiger partial charge < -0.3 is 0 Å². The van der Waals surface area contributed by atoms with Crippen molar-refractivity contribution in [2.75, 3.05) is 0 Å². The van der Waals surface area contributed by atoms with E-state index in [9.17, 15) is 14.5 Å². The first kappa shape index (κ1) is 8.39. The summed E-state index contributed by atoms with van der Waals surface area (Å²) in [6.07, 6.45) is 2.26. The molecule has 1 radical (unpaired) electrons. The van der Waals surface area contributed by atoms with Crippen molar-refractivity contribution < 1.29 is 9.31 Å². The zero-order valence-electron chi connectivity index (χ0n) is 6.08. The second-order valence-corrected chi connectivity index (χ2v) is 2.10. The molecule has 61 valence electrons. The van der Waals surface area contributed by atoms with Gasteiger partial charge in [0.1, 0.15) is 5.82 Å². The molecule has 0 atom stereocenters. The Morgan fingerprint density at radius 1 is 1.58 bits per heavy atom. The van der Waals surface area contributed by atoms with Gasteiger partial charge in [0.15, 0.2) is 0 Å². The van der Waals surface area contributed by atoms with Crippen molar-refractivity contribution in [1.82, 2.24) is 0 Å². The first-order chi connectivity index (χ1) is 5.65. The first-order valence-corrected chi connectivity index (χ1v) is 3.12. The van der Waals surface area contributed by atoms with Crippen LogP contribution in [0.2, 0.25) is 0 Å². The van der Waals surface area contributed by atoms with Crippen LogP contribution in [-0.4, -0.2) is 4.92 Å². The lowest BCUT2D eigenvalue weighted by molar-refractivity contribution is -0.384. The molecule has 0 amide bonds. The maximum atomic E-state index is 12.7. The van der Waals surface area contributed by atoms with Crippen molar-refractivity contribution in [3.8, 4) is 0 Å². The van der Waals surface area contributed by atoms with E-state index in [1.807, 2.05) is 0 Å². The van der Waals surface area contributed by atoms with E-state index < -0.39 is 10.7 Å². The van der Waals surface area contributed by atoms with E-state index in [0.29, 0.717) is 0 Å². The molecule has 0 spiro atoms. The fraction of sp³-hybridized carbons (Fsp3) is 0. The highest BCUT2D eigenvalue weighted by Gasteiger charge is 2.07. The quantitative estimate of drug-likeness (QED) is 0.498. The maximum Gasteiger partial charge on any atom is 0.270 e. The van der Waals surface area contributed by atoms with E-state index in [0.717, 1.165) is 18.2 Å². The minimum Gasteiger partial charge on any atom is -0.258 e. The summed E-state index contributed by atoms with van der Waals surface area (Å²) in [6.45, 7) is 3.20. The number of hydrogen-bond acceptors (Lipinski definition) is 2. The topological polar surface area (TPSA) is 43.1 Å². The third kappa shape index (κ3) is 1.47. The van der Waals surface area contributed by atoms with Gasteiger partial charge in [0.05, 0.1) is 4.92 Å². The number of rotatable bonds is 2. The van der Waals surface area contributed by atoms with Gasteiger partial charge in [0, 0.05) is 17.7 Å². The number of halogens is 1. The highest BCUT2D eigenvalue weighted by atomic mass is 19.1. The molecule has 0 unspecified atom stereocenters. The van der Waals surface area contributed by atoms with Crippen LogP contribution in [0, 0.1) is 22.0 Å². The van der Waals surface area contributed by atoms with Crippen LogP contribution in [0.15, 0.2) is 24.8 Å². The Morgan fingerprint density at radius 2 is 2.25 bits per heavy atom. The summed E-state index contributed by atoms with van der Waals surface area (Å²) in [5.41, 5.74) is -0.147. The Bertz CT molecular complexity index is 336. The zero-order valence-corrected chi connectivity index (χ0v) is 6.08. The molecule has 0 fully saturated rings. The molecule has 0 N–H and O–H groups in total. The van der Waals surface area contributed by atoms with E-state index in [1.54, 1.807) is 0 Å². The molecule has 1 aromatic carbocycles. The second-order valence-electron chi connectivity index (χ2n) is 2.10. The van der Waals surface area contributed by atoms with E-state index in [4.69, 9.17) is 0 Å². The van der Waals surface area contributed by atoms with Gasteiger partial charge in [0.2, 0.25) is 0 Å². The lowest BCUT2D eigenvalue weighted by Crippen LogP contribution is -1.90. The van der Waals surface area contributed by atoms with Gasteiger partial charge in [-0.1, -0.05) is 6.58 Å². The van der Waals surface area contributed by atoms with E-state index >= 15 is 0 Å². The SMILES string of the molecule is C=[C]c1cc([N+](=O)[O-])ccc1F. The summed E-state index contributed by atoms with van der Waals surface area (Å²) in [4.78, 5) is 9.62. The van der Waals surface area contributed by atoms with Crippen LogP contribution < -0.4 is 0 Å². The summed E-state index contributed by atoms with van der Waals surface area (Å²) in [5.74, 6) is -0.560. The largest absolute Gasteiger partial charge is 0.270 e. The number of nitro groups is 1. The smallest absolute Gasteiger partial charge is 0.258 e. The summed E-state index contributed by atoms with van der Waals surface area (Å²) < 4.78 is 12.7. The maximum absolute atomic E-state index is 12.7. The van der Waals surface area contributed by atoms with Crippen LogP contribution in [0.3, 0.4) is 0 Å². The highest BCUT2D eigenvalue weighted by Crippen LogP contribution is 2.16. The third-order valence-electron chi connectivity index (χ3n) is 1.35. The van der Waals surface area contributed by atoms with Crippen LogP contribution in [0.4, 0.5) is 10.1 Å². The van der Waals surface area contributed by atoms with Crippen LogP contribution in [0.5, 0.6) is 0 Å². The van der Waals surface area contributed by atoms with E-state index in [-0.39, 0.29) is 11.3 Å². The summed E-state index contributed by atoms with van der Waals surface area (Å²) in [7, 11) is 0. The number of nitrogens with zero attached hydrogens (tertiary/aromatic N) is 1. The predicted molar refractivity (Wildman–Crippen MR) is 41.0 cm³/mol. The lowest BCUT2D eigenvalue weighted by atomic mass is 10.2. The Kier molecular flexibility index (Phi) is 2.19. The molecular weight excluding hydrogens is 161 g/mol. The molecule has 3 nitrogen and oxygen atoms in total. The van der Waals surface area contributed by atoms with Crippen molar-refractivity contribution in [3.63, 3.8) is 0 Å². The van der Waals surface area contributed by atoms with Crippen molar-refractivity contribution in [2.24, 2.45) is 0 Å². The predicted octanol–water partition coefficient (Wildman–Crippen LogP) is 2.07. The average molecular weight is 166 g/mol. The van der Waals surface area contributed by atoms with Crippen LogP contribution >= 0.6 is 0 Å². The summed E-state index contributed by atoms with van der Waals surface area (Å²) in [6, 6.07) is 3.20. The number of nitro benzene ring substituents is 1. The molecule has 0 aliphatic rings. The van der Waals surface area contributed by atoms with Crippen molar-refractivity contribution in [3.05, 3.63) is 52.3 Å². The Labute approximate surface area is 68.3 Å². The Hall–Kier alpha value is -1.71.